The van der Waals surface area contributed by atoms with Crippen molar-refractivity contribution in [2.45, 2.75) is 12.8 Å². The van der Waals surface area contributed by atoms with Crippen LogP contribution in [0.1, 0.15) is 12.0 Å². The number of hydrogen-bond donors (Lipinski definition) is 1. The second-order valence-electron chi connectivity index (χ2n) is 5.31. The van der Waals surface area contributed by atoms with Gasteiger partial charge in [0.15, 0.2) is 5.78 Å². The Morgan fingerprint density at radius 2 is 1.80 bits per heavy atom. The first-order valence-corrected chi connectivity index (χ1v) is 8.78. The van der Waals surface area contributed by atoms with Gasteiger partial charge < -0.3 is 9.47 Å². The average Bonchev–Trinajstić information content (AvgIpc) is 2.61. The Bertz CT molecular complexity index is 758. The van der Waals surface area contributed by atoms with Crippen LogP contribution in [0.25, 0.3) is 0 Å². The monoisotopic (exact) mass is 396 g/mol. The molecule has 2 aromatic rings. The Hall–Kier alpha value is -1.62. The minimum atomic E-state index is -0.0374. The number of carbonyl (C=O) groups excluding carboxylic acids is 1. The molecule has 0 aliphatic heterocycles. The topological polar surface area (TPSA) is 35.5 Å². The van der Waals surface area contributed by atoms with E-state index in [9.17, 15) is 4.79 Å². The van der Waals surface area contributed by atoms with Crippen molar-refractivity contribution in [3.05, 3.63) is 69.1 Å². The molecule has 0 spiro atoms. The van der Waals surface area contributed by atoms with E-state index in [1.807, 2.05) is 6.07 Å². The van der Waals surface area contributed by atoms with E-state index in [-0.39, 0.29) is 18.8 Å². The first-order valence-electron chi connectivity index (χ1n) is 7.58. The van der Waals surface area contributed by atoms with Gasteiger partial charge in [0.2, 0.25) is 0 Å². The highest BCUT2D eigenvalue weighted by Crippen LogP contribution is 2.24. The Morgan fingerprint density at radius 1 is 1.12 bits per heavy atom. The van der Waals surface area contributed by atoms with E-state index in [4.69, 9.17) is 32.7 Å². The van der Waals surface area contributed by atoms with Crippen molar-refractivity contribution in [2.24, 2.45) is 0 Å². The molecule has 0 atom stereocenters. The molecule has 2 aromatic carbocycles. The van der Waals surface area contributed by atoms with E-state index in [1.54, 1.807) is 49.6 Å². The predicted molar refractivity (Wildman–Crippen MR) is 105 cm³/mol. The molecule has 25 heavy (non-hydrogen) atoms. The third-order valence-corrected chi connectivity index (χ3v) is 4.34. The Morgan fingerprint density at radius 3 is 2.44 bits per heavy atom. The fourth-order valence-corrected chi connectivity index (χ4v) is 2.80. The summed E-state index contributed by atoms with van der Waals surface area (Å²) in [5.41, 5.74) is 0.911. The minimum Gasteiger partial charge on any atom is -0.497 e. The van der Waals surface area contributed by atoms with Crippen molar-refractivity contribution >= 4 is 41.6 Å². The Balaban J connectivity index is 1.81. The summed E-state index contributed by atoms with van der Waals surface area (Å²) >= 11 is 16.4. The highest BCUT2D eigenvalue weighted by molar-refractivity contribution is 7.84. The zero-order valence-electron chi connectivity index (χ0n) is 13.7. The number of Topliss-reactive ketones (excluding diaryl/α,β-unsaturated/α-hetero) is 1. The molecule has 0 aliphatic rings. The number of benzene rings is 2. The van der Waals surface area contributed by atoms with Gasteiger partial charge in [0.25, 0.3) is 0 Å². The molecule has 0 radical (unpaired) electrons. The Labute approximate surface area is 163 Å². The molecule has 0 amide bonds. The summed E-state index contributed by atoms with van der Waals surface area (Å²) in [6.07, 6.45) is 2.57. The number of ether oxygens (including phenoxy) is 2. The van der Waals surface area contributed by atoms with Crippen molar-refractivity contribution in [2.75, 3.05) is 13.7 Å². The van der Waals surface area contributed by atoms with Crippen molar-refractivity contribution in [3.8, 4) is 11.5 Å². The fourth-order valence-electron chi connectivity index (χ4n) is 2.06. The third-order valence-electron chi connectivity index (χ3n) is 3.41. The lowest BCUT2D eigenvalue weighted by atomic mass is 10.1. The lowest BCUT2D eigenvalue weighted by Crippen LogP contribution is -2.10. The van der Waals surface area contributed by atoms with Crippen LogP contribution in [0.4, 0.5) is 0 Å². The minimum absolute atomic E-state index is 0.00554. The first kappa shape index (κ1) is 19.7. The van der Waals surface area contributed by atoms with Crippen LogP contribution in [0, 0.1) is 0 Å². The average molecular weight is 397 g/mol. The van der Waals surface area contributed by atoms with Gasteiger partial charge in [0.05, 0.1) is 7.11 Å². The summed E-state index contributed by atoms with van der Waals surface area (Å²) in [6, 6.07) is 12.4. The second kappa shape index (κ2) is 9.76. The number of ketones is 1. The normalized spacial score (nSPS) is 11.3. The summed E-state index contributed by atoms with van der Waals surface area (Å²) in [7, 11) is 1.60. The van der Waals surface area contributed by atoms with Gasteiger partial charge in [-0.25, -0.2) is 0 Å². The van der Waals surface area contributed by atoms with Crippen LogP contribution in [-0.2, 0) is 11.2 Å². The van der Waals surface area contributed by atoms with Crippen LogP contribution < -0.4 is 9.47 Å². The van der Waals surface area contributed by atoms with Gasteiger partial charge in [-0.3, -0.25) is 4.79 Å². The molecule has 0 fully saturated rings. The van der Waals surface area contributed by atoms with Gasteiger partial charge >= 0.3 is 0 Å². The van der Waals surface area contributed by atoms with Gasteiger partial charge in [-0.15, -0.1) is 12.6 Å². The molecule has 0 aliphatic carbocycles. The summed E-state index contributed by atoms with van der Waals surface area (Å²) < 4.78 is 10.5. The van der Waals surface area contributed by atoms with Gasteiger partial charge in [-0.2, -0.15) is 0 Å². The van der Waals surface area contributed by atoms with E-state index >= 15 is 0 Å². The molecule has 0 bridgehead atoms. The lowest BCUT2D eigenvalue weighted by Gasteiger charge is -2.06. The number of rotatable bonds is 8. The predicted octanol–water partition coefficient (Wildman–Crippen LogP) is 5.40. The van der Waals surface area contributed by atoms with Crippen LogP contribution in [0.15, 0.2) is 53.4 Å². The number of hydrogen-bond acceptors (Lipinski definition) is 4. The standard InChI is InChI=1S/C19H18Cl2O3S/c1-23-16-5-7-17(8-6-16)24-12-15(22)4-9-18(25)10-13-2-3-14(20)11-19(13)21/h2-3,5-9,11,25H,4,10,12H2,1H3/b18-9-. The maximum absolute atomic E-state index is 11.9. The van der Waals surface area contributed by atoms with Gasteiger partial charge in [0, 0.05) is 22.9 Å². The first-order chi connectivity index (χ1) is 12.0. The highest BCUT2D eigenvalue weighted by Gasteiger charge is 2.05. The van der Waals surface area contributed by atoms with Gasteiger partial charge in [-0.1, -0.05) is 35.3 Å². The van der Waals surface area contributed by atoms with Crippen molar-refractivity contribution in [1.82, 2.24) is 0 Å². The molecule has 0 unspecified atom stereocenters. The smallest absolute Gasteiger partial charge is 0.173 e. The molecular formula is C19H18Cl2O3S. The maximum Gasteiger partial charge on any atom is 0.173 e. The number of thiol groups is 1. The molecule has 2 rings (SSSR count). The quantitative estimate of drug-likeness (QED) is 0.606. The van der Waals surface area contributed by atoms with E-state index in [0.29, 0.717) is 22.2 Å². The summed E-state index contributed by atoms with van der Waals surface area (Å²) in [5.74, 6) is 1.32. The third kappa shape index (κ3) is 6.65. The number of carbonyl (C=O) groups is 1. The van der Waals surface area contributed by atoms with Gasteiger partial charge in [-0.05, 0) is 46.9 Å². The van der Waals surface area contributed by atoms with Crippen LogP contribution in [0.2, 0.25) is 10.0 Å². The SMILES string of the molecule is COc1ccc(OCC(=O)C/C=C(\S)Cc2ccc(Cl)cc2Cl)cc1. The molecule has 0 saturated carbocycles. The molecule has 0 saturated heterocycles. The molecule has 132 valence electrons. The molecule has 3 nitrogen and oxygen atoms in total. The fraction of sp³-hybridized carbons (Fsp3) is 0.211. The Kier molecular flexibility index (Phi) is 7.69. The summed E-state index contributed by atoms with van der Waals surface area (Å²) in [4.78, 5) is 12.7. The molecule has 6 heteroatoms. The van der Waals surface area contributed by atoms with Crippen LogP contribution in [0.5, 0.6) is 11.5 Å². The molecular weight excluding hydrogens is 379 g/mol. The van der Waals surface area contributed by atoms with Crippen LogP contribution >= 0.6 is 35.8 Å². The number of methoxy groups -OCH3 is 1. The molecule has 0 heterocycles. The van der Waals surface area contributed by atoms with E-state index in [2.05, 4.69) is 12.6 Å². The summed E-state index contributed by atoms with van der Waals surface area (Å²) in [5, 5.41) is 1.17. The maximum atomic E-state index is 11.9. The molecule has 0 aromatic heterocycles. The number of halogens is 2. The van der Waals surface area contributed by atoms with E-state index in [1.165, 1.54) is 0 Å². The second-order valence-corrected chi connectivity index (χ2v) is 6.73. The number of allylic oxidation sites excluding steroid dienone is 2. The zero-order valence-corrected chi connectivity index (χ0v) is 16.1. The highest BCUT2D eigenvalue weighted by atomic mass is 35.5. The van der Waals surface area contributed by atoms with E-state index in [0.717, 1.165) is 16.2 Å². The zero-order chi connectivity index (χ0) is 18.2. The van der Waals surface area contributed by atoms with Crippen molar-refractivity contribution in [1.29, 1.82) is 0 Å². The van der Waals surface area contributed by atoms with Crippen molar-refractivity contribution in [3.63, 3.8) is 0 Å². The summed E-state index contributed by atoms with van der Waals surface area (Å²) in [6.45, 7) is 0.00554. The largest absolute Gasteiger partial charge is 0.497 e. The lowest BCUT2D eigenvalue weighted by molar-refractivity contribution is -0.120. The van der Waals surface area contributed by atoms with Gasteiger partial charge in [0.1, 0.15) is 18.1 Å². The van der Waals surface area contributed by atoms with E-state index < -0.39 is 0 Å². The van der Waals surface area contributed by atoms with Crippen molar-refractivity contribution < 1.29 is 14.3 Å². The van der Waals surface area contributed by atoms with Crippen LogP contribution in [-0.4, -0.2) is 19.5 Å². The molecule has 0 N–H and O–H groups in total. The van der Waals surface area contributed by atoms with Crippen LogP contribution in [0.3, 0.4) is 0 Å².